The number of carbonyl (C=O) groups excluding carboxylic acids is 2. The summed E-state index contributed by atoms with van der Waals surface area (Å²) in [6.45, 7) is 4.05. The number of phosphoric ester groups is 1. The first kappa shape index (κ1) is 52.7. The molecule has 0 heterocycles. The van der Waals surface area contributed by atoms with Gasteiger partial charge >= 0.3 is 11.9 Å². The van der Waals surface area contributed by atoms with Crippen molar-refractivity contribution in [1.29, 1.82) is 0 Å². The van der Waals surface area contributed by atoms with Gasteiger partial charge in [-0.05, 0) is 57.8 Å². The van der Waals surface area contributed by atoms with Gasteiger partial charge in [-0.15, -0.1) is 0 Å². The third-order valence-corrected chi connectivity index (χ3v) is 9.77. The van der Waals surface area contributed by atoms with Crippen molar-refractivity contribution in [3.63, 3.8) is 0 Å². The smallest absolute Gasteiger partial charge is 0.306 e. The first-order valence-corrected chi connectivity index (χ1v) is 23.0. The van der Waals surface area contributed by atoms with E-state index in [0.717, 1.165) is 70.6 Å². The number of ether oxygens (including phenoxy) is 2. The number of hydrogen-bond donors (Lipinski definition) is 0. The van der Waals surface area contributed by atoms with Crippen molar-refractivity contribution in [2.75, 3.05) is 47.5 Å². The molecular weight excluding hydrogens is 713 g/mol. The minimum atomic E-state index is -4.63. The number of allylic oxidation sites excluding steroid dienone is 10. The summed E-state index contributed by atoms with van der Waals surface area (Å²) in [7, 11) is 1.14. The molecule has 0 aromatic carbocycles. The van der Waals surface area contributed by atoms with Gasteiger partial charge in [0.2, 0.25) is 0 Å². The first-order chi connectivity index (χ1) is 26.5. The van der Waals surface area contributed by atoms with Gasteiger partial charge in [-0.2, -0.15) is 0 Å². The zero-order valence-electron chi connectivity index (χ0n) is 35.6. The van der Waals surface area contributed by atoms with Crippen molar-refractivity contribution < 1.29 is 42.1 Å². The van der Waals surface area contributed by atoms with Crippen molar-refractivity contribution >= 4 is 19.8 Å². The van der Waals surface area contributed by atoms with Crippen LogP contribution in [0.25, 0.3) is 0 Å². The summed E-state index contributed by atoms with van der Waals surface area (Å²) >= 11 is 0. The van der Waals surface area contributed by atoms with Crippen molar-refractivity contribution in [2.24, 2.45) is 0 Å². The lowest BCUT2D eigenvalue weighted by atomic mass is 10.0. The topological polar surface area (TPSA) is 111 Å². The molecule has 0 amide bonds. The second-order valence-electron chi connectivity index (χ2n) is 15.3. The Bertz CT molecular complexity index is 1120. The molecule has 55 heavy (non-hydrogen) atoms. The SMILES string of the molecule is CC/C=C\C/C=C\C/C=C\C/C=C\C/C=C\CCCCCC(=O)O[C@H](COC(=O)CCCCCCCCCCCCCC)COP(=O)([O-])OCC[N+](C)(C)C. The number of likely N-dealkylation sites (N-methyl/N-ethyl adjacent to an activating group) is 1. The third-order valence-electron chi connectivity index (χ3n) is 8.80. The number of phosphoric acid groups is 1. The van der Waals surface area contributed by atoms with E-state index in [-0.39, 0.29) is 26.1 Å². The van der Waals surface area contributed by atoms with E-state index < -0.39 is 32.5 Å². The van der Waals surface area contributed by atoms with Gasteiger partial charge in [-0.3, -0.25) is 14.2 Å². The van der Waals surface area contributed by atoms with Gasteiger partial charge in [0, 0.05) is 12.8 Å². The molecule has 0 aromatic rings. The highest BCUT2D eigenvalue weighted by Gasteiger charge is 2.21. The number of nitrogens with zero attached hydrogens (tertiary/aromatic N) is 1. The molecular formula is C45H80NO8P. The molecule has 0 rings (SSSR count). The van der Waals surface area contributed by atoms with E-state index in [2.05, 4.69) is 74.6 Å². The van der Waals surface area contributed by atoms with Gasteiger partial charge in [0.1, 0.15) is 19.8 Å². The van der Waals surface area contributed by atoms with E-state index >= 15 is 0 Å². The molecule has 0 spiro atoms. The molecule has 9 nitrogen and oxygen atoms in total. The van der Waals surface area contributed by atoms with Crippen LogP contribution in [-0.2, 0) is 32.7 Å². The number of unbranched alkanes of at least 4 members (excludes halogenated alkanes) is 14. The van der Waals surface area contributed by atoms with Crippen LogP contribution in [0.2, 0.25) is 0 Å². The van der Waals surface area contributed by atoms with Gasteiger partial charge < -0.3 is 27.9 Å². The lowest BCUT2D eigenvalue weighted by Crippen LogP contribution is -2.37. The molecule has 318 valence electrons. The van der Waals surface area contributed by atoms with E-state index in [0.29, 0.717) is 17.4 Å². The quantitative estimate of drug-likeness (QED) is 0.0200. The first-order valence-electron chi connectivity index (χ1n) is 21.5. The molecule has 0 saturated heterocycles. The molecule has 0 N–H and O–H groups in total. The van der Waals surface area contributed by atoms with Crippen LogP contribution in [0, 0.1) is 0 Å². The lowest BCUT2D eigenvalue weighted by molar-refractivity contribution is -0.870. The normalized spacial score (nSPS) is 14.2. The van der Waals surface area contributed by atoms with Crippen molar-refractivity contribution in [3.05, 3.63) is 60.8 Å². The Hall–Kier alpha value is -2.29. The standard InChI is InChI=1S/C45H80NO8P/c1-6-8-10-12-14-16-18-20-21-22-23-24-25-26-28-30-32-34-36-38-45(48)54-43(42-53-55(49,50)52-40-39-46(3,4)5)41-51-44(47)37-35-33-31-29-27-19-17-15-13-11-9-7-2/h8,10,14,16,20-21,23-24,26,28,43H,6-7,9,11-13,15,17-19,22,25,27,29-42H2,1-5H3/b10-8-,16-14-,21-20-,24-23-,28-26-/t43-/m1/s1. The monoisotopic (exact) mass is 794 g/mol. The lowest BCUT2D eigenvalue weighted by Gasteiger charge is -2.28. The molecule has 0 fully saturated rings. The van der Waals surface area contributed by atoms with Gasteiger partial charge in [0.15, 0.2) is 6.10 Å². The minimum Gasteiger partial charge on any atom is -0.756 e. The number of rotatable bonds is 38. The average Bonchev–Trinajstić information content (AvgIpc) is 3.13. The molecule has 0 aliphatic heterocycles. The molecule has 0 bridgehead atoms. The molecule has 0 radical (unpaired) electrons. The number of quaternary nitrogens is 1. The summed E-state index contributed by atoms with van der Waals surface area (Å²) in [6, 6.07) is 0. The zero-order chi connectivity index (χ0) is 40.7. The summed E-state index contributed by atoms with van der Waals surface area (Å²) in [4.78, 5) is 37.5. The average molecular weight is 794 g/mol. The van der Waals surface area contributed by atoms with Crippen LogP contribution in [0.4, 0.5) is 0 Å². The van der Waals surface area contributed by atoms with E-state index in [4.69, 9.17) is 18.5 Å². The van der Waals surface area contributed by atoms with Crippen LogP contribution in [0.5, 0.6) is 0 Å². The van der Waals surface area contributed by atoms with Gasteiger partial charge in [0.05, 0.1) is 27.7 Å². The van der Waals surface area contributed by atoms with Gasteiger partial charge in [-0.25, -0.2) is 0 Å². The van der Waals surface area contributed by atoms with Crippen LogP contribution in [0.15, 0.2) is 60.8 Å². The number of hydrogen-bond acceptors (Lipinski definition) is 8. The fraction of sp³-hybridized carbons (Fsp3) is 0.733. The zero-order valence-corrected chi connectivity index (χ0v) is 36.5. The maximum atomic E-state index is 12.7. The predicted molar refractivity (Wildman–Crippen MR) is 226 cm³/mol. The summed E-state index contributed by atoms with van der Waals surface area (Å²) in [5.74, 6) is -0.875. The van der Waals surface area contributed by atoms with Crippen molar-refractivity contribution in [2.45, 2.75) is 168 Å². The molecule has 10 heteroatoms. The maximum Gasteiger partial charge on any atom is 0.306 e. The summed E-state index contributed by atoms with van der Waals surface area (Å²) in [5, 5.41) is 0. The van der Waals surface area contributed by atoms with E-state index in [1.165, 1.54) is 57.8 Å². The van der Waals surface area contributed by atoms with E-state index in [1.807, 2.05) is 21.1 Å². The van der Waals surface area contributed by atoms with Crippen molar-refractivity contribution in [1.82, 2.24) is 0 Å². The Morgan fingerprint density at radius 1 is 0.582 bits per heavy atom. The van der Waals surface area contributed by atoms with Crippen LogP contribution in [0.3, 0.4) is 0 Å². The Labute approximate surface area is 336 Å². The van der Waals surface area contributed by atoms with Crippen molar-refractivity contribution in [3.8, 4) is 0 Å². The fourth-order valence-corrected chi connectivity index (χ4v) is 6.17. The van der Waals surface area contributed by atoms with Crippen LogP contribution in [0.1, 0.15) is 162 Å². The Morgan fingerprint density at radius 2 is 1.04 bits per heavy atom. The second kappa shape index (κ2) is 37.3. The molecule has 1 unspecified atom stereocenters. The van der Waals surface area contributed by atoms with Gasteiger partial charge in [-0.1, -0.05) is 152 Å². The van der Waals surface area contributed by atoms with Crippen LogP contribution in [-0.4, -0.2) is 70.0 Å². The van der Waals surface area contributed by atoms with E-state index in [1.54, 1.807) is 0 Å². The van der Waals surface area contributed by atoms with Gasteiger partial charge in [0.25, 0.3) is 7.82 Å². The highest BCUT2D eigenvalue weighted by Crippen LogP contribution is 2.38. The molecule has 0 aliphatic rings. The maximum absolute atomic E-state index is 12.7. The van der Waals surface area contributed by atoms with E-state index in [9.17, 15) is 19.0 Å². The largest absolute Gasteiger partial charge is 0.756 e. The fourth-order valence-electron chi connectivity index (χ4n) is 5.44. The molecule has 2 atom stereocenters. The minimum absolute atomic E-state index is 0.0393. The number of carbonyl (C=O) groups is 2. The molecule has 0 aromatic heterocycles. The third kappa shape index (κ3) is 41.2. The second-order valence-corrected chi connectivity index (χ2v) is 16.7. The molecule has 0 aliphatic carbocycles. The Kier molecular flexibility index (Phi) is 35.7. The summed E-state index contributed by atoms with van der Waals surface area (Å²) in [5.41, 5.74) is 0. The number of esters is 2. The Morgan fingerprint density at radius 3 is 1.55 bits per heavy atom. The van der Waals surface area contributed by atoms with Crippen LogP contribution < -0.4 is 4.89 Å². The van der Waals surface area contributed by atoms with Crippen LogP contribution >= 0.6 is 7.82 Å². The molecule has 0 saturated carbocycles. The predicted octanol–water partition coefficient (Wildman–Crippen LogP) is 11.4. The summed E-state index contributed by atoms with van der Waals surface area (Å²) in [6.07, 6.45) is 43.9. The Balaban J connectivity index is 4.44. The summed E-state index contributed by atoms with van der Waals surface area (Å²) < 4.78 is 33.8. The highest BCUT2D eigenvalue weighted by atomic mass is 31.2. The highest BCUT2D eigenvalue weighted by molar-refractivity contribution is 7.45.